The smallest absolute Gasteiger partial charge is 0.326 e. The van der Waals surface area contributed by atoms with Crippen molar-refractivity contribution in [3.8, 4) is 6.07 Å². The topological polar surface area (TPSA) is 99.4 Å². The highest BCUT2D eigenvalue weighted by molar-refractivity contribution is 7.99. The average molecular weight is 364 g/mol. The van der Waals surface area contributed by atoms with Gasteiger partial charge in [-0.15, -0.1) is 11.8 Å². The maximum atomic E-state index is 11.9. The van der Waals surface area contributed by atoms with Crippen molar-refractivity contribution in [2.45, 2.75) is 44.6 Å². The van der Waals surface area contributed by atoms with E-state index >= 15 is 0 Å². The molecule has 0 aromatic heterocycles. The van der Waals surface area contributed by atoms with Gasteiger partial charge in [-0.2, -0.15) is 5.26 Å². The molecule has 1 aromatic carbocycles. The number of carbonyl (C=O) groups is 2. The summed E-state index contributed by atoms with van der Waals surface area (Å²) in [6.07, 6.45) is 0.221. The lowest BCUT2D eigenvalue weighted by Gasteiger charge is -2.21. The van der Waals surface area contributed by atoms with Crippen molar-refractivity contribution in [2.24, 2.45) is 0 Å². The molecule has 0 saturated heterocycles. The Morgan fingerprint density at radius 2 is 1.96 bits per heavy atom. The first-order valence-corrected chi connectivity index (χ1v) is 9.09. The molecule has 1 aromatic rings. The van der Waals surface area contributed by atoms with Gasteiger partial charge in [0.2, 0.25) is 5.91 Å². The van der Waals surface area contributed by atoms with Crippen molar-refractivity contribution >= 4 is 23.6 Å². The van der Waals surface area contributed by atoms with E-state index < -0.39 is 12.0 Å². The van der Waals surface area contributed by atoms with Crippen molar-refractivity contribution in [1.29, 1.82) is 5.26 Å². The van der Waals surface area contributed by atoms with Gasteiger partial charge in [0.15, 0.2) is 0 Å². The molecule has 0 radical (unpaired) electrons. The van der Waals surface area contributed by atoms with Crippen molar-refractivity contribution in [1.82, 2.24) is 5.32 Å². The maximum absolute atomic E-state index is 11.9. The molecule has 0 aliphatic heterocycles. The molecule has 2 N–H and O–H groups in total. The van der Waals surface area contributed by atoms with E-state index in [0.717, 1.165) is 5.56 Å². The number of thioether (sulfide) groups is 1. The van der Waals surface area contributed by atoms with E-state index in [9.17, 15) is 14.7 Å². The van der Waals surface area contributed by atoms with Crippen LogP contribution in [-0.4, -0.2) is 41.0 Å². The number of carboxylic acids is 1. The highest BCUT2D eigenvalue weighted by atomic mass is 32.2. The molecule has 7 heteroatoms. The van der Waals surface area contributed by atoms with Gasteiger partial charge in [0.05, 0.1) is 23.0 Å². The fourth-order valence-corrected chi connectivity index (χ4v) is 2.71. The van der Waals surface area contributed by atoms with Crippen LogP contribution in [-0.2, 0) is 20.1 Å². The zero-order chi connectivity index (χ0) is 18.9. The molecule has 1 unspecified atom stereocenters. The van der Waals surface area contributed by atoms with Crippen LogP contribution < -0.4 is 5.32 Å². The summed E-state index contributed by atoms with van der Waals surface area (Å²) in [7, 11) is 0. The van der Waals surface area contributed by atoms with Crippen LogP contribution in [0.15, 0.2) is 24.3 Å². The number of nitrogens with zero attached hydrogens (tertiary/aromatic N) is 1. The van der Waals surface area contributed by atoms with Gasteiger partial charge < -0.3 is 15.2 Å². The Labute approximate surface area is 152 Å². The first kappa shape index (κ1) is 21.0. The van der Waals surface area contributed by atoms with Gasteiger partial charge in [0.25, 0.3) is 0 Å². The number of nitrogens with one attached hydrogen (secondary N) is 1. The summed E-state index contributed by atoms with van der Waals surface area (Å²) in [6, 6.07) is 8.23. The van der Waals surface area contributed by atoms with E-state index in [2.05, 4.69) is 5.32 Å². The number of carboxylic acid groups (broad SMARTS) is 1. The van der Waals surface area contributed by atoms with E-state index in [0.29, 0.717) is 11.3 Å². The second-order valence-corrected chi connectivity index (χ2v) is 7.49. The minimum atomic E-state index is -1.07. The predicted octanol–water partition coefficient (Wildman–Crippen LogP) is 2.57. The zero-order valence-electron chi connectivity index (χ0n) is 14.7. The molecule has 136 valence electrons. The standard InChI is InChI=1S/C18H24N2O4S/c1-18(2,3)24-9-8-15(17(22)23)20-16(21)12-25-11-14-6-4-13(10-19)5-7-14/h4-7,15H,8-9,11-12H2,1-3H3,(H,20,21)(H,22,23). The van der Waals surface area contributed by atoms with Gasteiger partial charge in [-0.25, -0.2) is 4.79 Å². The lowest BCUT2D eigenvalue weighted by atomic mass is 10.2. The van der Waals surface area contributed by atoms with Crippen LogP contribution in [0.25, 0.3) is 0 Å². The van der Waals surface area contributed by atoms with Crippen LogP contribution in [0.2, 0.25) is 0 Å². The number of amides is 1. The van der Waals surface area contributed by atoms with Gasteiger partial charge in [-0.05, 0) is 38.5 Å². The Morgan fingerprint density at radius 1 is 1.32 bits per heavy atom. The number of hydrogen-bond donors (Lipinski definition) is 2. The van der Waals surface area contributed by atoms with Crippen LogP contribution >= 0.6 is 11.8 Å². The predicted molar refractivity (Wildman–Crippen MR) is 97.2 cm³/mol. The van der Waals surface area contributed by atoms with Crippen LogP contribution in [0.1, 0.15) is 38.3 Å². The second-order valence-electron chi connectivity index (χ2n) is 6.51. The Bertz CT molecular complexity index is 617. The van der Waals surface area contributed by atoms with Gasteiger partial charge in [-0.3, -0.25) is 4.79 Å². The van der Waals surface area contributed by atoms with Crippen molar-refractivity contribution in [3.63, 3.8) is 0 Å². The molecule has 0 saturated carbocycles. The molecule has 0 fully saturated rings. The summed E-state index contributed by atoms with van der Waals surface area (Å²) in [5, 5.41) is 20.5. The molecule has 1 rings (SSSR count). The number of carbonyl (C=O) groups excluding carboxylic acids is 1. The molecule has 1 atom stereocenters. The summed E-state index contributed by atoms with van der Waals surface area (Å²) >= 11 is 1.39. The summed E-state index contributed by atoms with van der Waals surface area (Å²) in [4.78, 5) is 23.2. The van der Waals surface area contributed by atoms with Crippen LogP contribution in [0.3, 0.4) is 0 Å². The van der Waals surface area contributed by atoms with Crippen molar-refractivity contribution in [2.75, 3.05) is 12.4 Å². The number of hydrogen-bond acceptors (Lipinski definition) is 5. The molecule has 1 amide bonds. The van der Waals surface area contributed by atoms with Crippen LogP contribution in [0, 0.1) is 11.3 Å². The van der Waals surface area contributed by atoms with Crippen LogP contribution in [0.5, 0.6) is 0 Å². The normalized spacial score (nSPS) is 12.2. The maximum Gasteiger partial charge on any atom is 0.326 e. The van der Waals surface area contributed by atoms with E-state index in [-0.39, 0.29) is 30.3 Å². The van der Waals surface area contributed by atoms with E-state index in [1.54, 1.807) is 12.1 Å². The molecule has 0 aliphatic carbocycles. The Hall–Kier alpha value is -2.04. The Morgan fingerprint density at radius 3 is 2.48 bits per heavy atom. The minimum Gasteiger partial charge on any atom is -0.480 e. The first-order valence-electron chi connectivity index (χ1n) is 7.94. The number of benzene rings is 1. The number of ether oxygens (including phenoxy) is 1. The van der Waals surface area contributed by atoms with Gasteiger partial charge in [-0.1, -0.05) is 12.1 Å². The molecule has 6 nitrogen and oxygen atoms in total. The number of aliphatic carboxylic acids is 1. The molecule has 0 spiro atoms. The van der Waals surface area contributed by atoms with Gasteiger partial charge >= 0.3 is 5.97 Å². The fourth-order valence-electron chi connectivity index (χ4n) is 1.91. The van der Waals surface area contributed by atoms with Gasteiger partial charge in [0.1, 0.15) is 6.04 Å². The Balaban J connectivity index is 2.36. The van der Waals surface area contributed by atoms with E-state index in [4.69, 9.17) is 10.00 Å². The lowest BCUT2D eigenvalue weighted by Crippen LogP contribution is -2.42. The summed E-state index contributed by atoms with van der Waals surface area (Å²) < 4.78 is 5.51. The molecular weight excluding hydrogens is 340 g/mol. The van der Waals surface area contributed by atoms with E-state index in [1.807, 2.05) is 39.0 Å². The highest BCUT2D eigenvalue weighted by Crippen LogP contribution is 2.13. The quantitative estimate of drug-likeness (QED) is 0.699. The minimum absolute atomic E-state index is 0.171. The molecular formula is C18H24N2O4S. The van der Waals surface area contributed by atoms with Crippen molar-refractivity contribution < 1.29 is 19.4 Å². The largest absolute Gasteiger partial charge is 0.480 e. The van der Waals surface area contributed by atoms with E-state index in [1.165, 1.54) is 11.8 Å². The summed E-state index contributed by atoms with van der Waals surface area (Å²) in [6.45, 7) is 5.93. The first-order chi connectivity index (χ1) is 11.7. The molecule has 0 bridgehead atoms. The summed E-state index contributed by atoms with van der Waals surface area (Å²) in [5.74, 6) is -0.599. The third-order valence-electron chi connectivity index (χ3n) is 3.16. The number of nitriles is 1. The second kappa shape index (κ2) is 10.1. The highest BCUT2D eigenvalue weighted by Gasteiger charge is 2.21. The molecule has 25 heavy (non-hydrogen) atoms. The molecule has 0 aliphatic rings. The van der Waals surface area contributed by atoms with Crippen LogP contribution in [0.4, 0.5) is 0 Å². The SMILES string of the molecule is CC(C)(C)OCCC(NC(=O)CSCc1ccc(C#N)cc1)C(=O)O. The number of rotatable bonds is 9. The summed E-state index contributed by atoms with van der Waals surface area (Å²) in [5.41, 5.74) is 1.25. The Kier molecular flexibility index (Phi) is 8.46. The molecule has 0 heterocycles. The average Bonchev–Trinajstić information content (AvgIpc) is 2.53. The van der Waals surface area contributed by atoms with Crippen molar-refractivity contribution in [3.05, 3.63) is 35.4 Å². The zero-order valence-corrected chi connectivity index (χ0v) is 15.6. The fraction of sp³-hybridized carbons (Fsp3) is 0.500. The third-order valence-corrected chi connectivity index (χ3v) is 4.16. The van der Waals surface area contributed by atoms with Gasteiger partial charge in [0, 0.05) is 18.8 Å². The third kappa shape index (κ3) is 9.13. The lowest BCUT2D eigenvalue weighted by molar-refractivity contribution is -0.142. The monoisotopic (exact) mass is 364 g/mol.